The molecule has 0 bridgehead atoms. The quantitative estimate of drug-likeness (QED) is 0.567. The van der Waals surface area contributed by atoms with Gasteiger partial charge in [0.15, 0.2) is 0 Å². The Labute approximate surface area is 70.1 Å². The van der Waals surface area contributed by atoms with E-state index in [0.29, 0.717) is 0 Å². The minimum absolute atomic E-state index is 0.857. The molecule has 0 aromatic rings. The van der Waals surface area contributed by atoms with Crippen molar-refractivity contribution >= 4 is 0 Å². The third-order valence-electron chi connectivity index (χ3n) is 2.37. The second kappa shape index (κ2) is 5.59. The molecule has 1 radical (unpaired) electrons. The Morgan fingerprint density at radius 2 is 2.27 bits per heavy atom. The zero-order chi connectivity index (χ0) is 7.94. The third-order valence-corrected chi connectivity index (χ3v) is 2.37. The van der Waals surface area contributed by atoms with Crippen molar-refractivity contribution in [2.75, 3.05) is 13.2 Å². The standard InChI is InChI=1S/C10H19O/c1-2-3-4-6-10-7-5-8-11-9-10/h10H,1-9H2. The molecule has 1 aliphatic rings. The lowest BCUT2D eigenvalue weighted by molar-refractivity contribution is 0.0508. The van der Waals surface area contributed by atoms with Gasteiger partial charge in [-0.3, -0.25) is 0 Å². The van der Waals surface area contributed by atoms with Crippen LogP contribution >= 0.6 is 0 Å². The van der Waals surface area contributed by atoms with E-state index in [4.69, 9.17) is 4.74 Å². The van der Waals surface area contributed by atoms with Crippen LogP contribution in [0.1, 0.15) is 38.5 Å². The Morgan fingerprint density at radius 1 is 1.36 bits per heavy atom. The van der Waals surface area contributed by atoms with Crippen LogP contribution < -0.4 is 0 Å². The first-order chi connectivity index (χ1) is 5.43. The minimum atomic E-state index is 0.857. The average Bonchev–Trinajstić information content (AvgIpc) is 2.07. The summed E-state index contributed by atoms with van der Waals surface area (Å²) in [6.45, 7) is 5.84. The molecule has 65 valence electrons. The molecule has 1 saturated heterocycles. The summed E-state index contributed by atoms with van der Waals surface area (Å²) in [6.07, 6.45) is 7.74. The summed E-state index contributed by atoms with van der Waals surface area (Å²) in [5, 5.41) is 0. The summed E-state index contributed by atoms with van der Waals surface area (Å²) in [5.41, 5.74) is 0. The van der Waals surface area contributed by atoms with Crippen LogP contribution in [0.5, 0.6) is 0 Å². The van der Waals surface area contributed by atoms with Crippen LogP contribution in [0.2, 0.25) is 0 Å². The summed E-state index contributed by atoms with van der Waals surface area (Å²) in [7, 11) is 0. The normalized spacial score (nSPS) is 25.4. The van der Waals surface area contributed by atoms with E-state index in [2.05, 4.69) is 6.92 Å². The van der Waals surface area contributed by atoms with Crippen molar-refractivity contribution in [1.29, 1.82) is 0 Å². The van der Waals surface area contributed by atoms with Gasteiger partial charge in [0.2, 0.25) is 0 Å². The molecule has 0 aromatic heterocycles. The highest BCUT2D eigenvalue weighted by Crippen LogP contribution is 2.19. The second-order valence-electron chi connectivity index (χ2n) is 3.43. The molecule has 0 aromatic carbocycles. The maximum absolute atomic E-state index is 5.40. The molecule has 0 aliphatic carbocycles. The Hall–Kier alpha value is -0.0400. The summed E-state index contributed by atoms with van der Waals surface area (Å²) >= 11 is 0. The highest BCUT2D eigenvalue weighted by Gasteiger charge is 2.12. The van der Waals surface area contributed by atoms with E-state index in [-0.39, 0.29) is 0 Å². The van der Waals surface area contributed by atoms with E-state index in [9.17, 15) is 0 Å². The number of hydrogen-bond acceptors (Lipinski definition) is 1. The number of ether oxygens (including phenoxy) is 1. The predicted octanol–water partition coefficient (Wildman–Crippen LogP) is 2.81. The highest BCUT2D eigenvalue weighted by molar-refractivity contribution is 4.63. The van der Waals surface area contributed by atoms with Gasteiger partial charge in [0.05, 0.1) is 0 Å². The lowest BCUT2D eigenvalue weighted by Gasteiger charge is -2.21. The van der Waals surface area contributed by atoms with Crippen LogP contribution in [-0.4, -0.2) is 13.2 Å². The van der Waals surface area contributed by atoms with Crippen molar-refractivity contribution in [1.82, 2.24) is 0 Å². The van der Waals surface area contributed by atoms with Crippen molar-refractivity contribution in [3.63, 3.8) is 0 Å². The molecule has 0 spiro atoms. The van der Waals surface area contributed by atoms with Gasteiger partial charge in [0.25, 0.3) is 0 Å². The van der Waals surface area contributed by atoms with E-state index < -0.39 is 0 Å². The van der Waals surface area contributed by atoms with Crippen LogP contribution in [0.25, 0.3) is 0 Å². The molecule has 1 unspecified atom stereocenters. The minimum Gasteiger partial charge on any atom is -0.381 e. The second-order valence-corrected chi connectivity index (χ2v) is 3.43. The topological polar surface area (TPSA) is 9.23 Å². The first kappa shape index (κ1) is 9.05. The molecule has 0 saturated carbocycles. The number of rotatable bonds is 4. The van der Waals surface area contributed by atoms with E-state index in [0.717, 1.165) is 25.6 Å². The lowest BCUT2D eigenvalue weighted by Crippen LogP contribution is -2.16. The molecule has 0 N–H and O–H groups in total. The smallest absolute Gasteiger partial charge is 0.0494 e. The Morgan fingerprint density at radius 3 is 2.91 bits per heavy atom. The van der Waals surface area contributed by atoms with E-state index in [1.54, 1.807) is 0 Å². The van der Waals surface area contributed by atoms with Gasteiger partial charge >= 0.3 is 0 Å². The van der Waals surface area contributed by atoms with Gasteiger partial charge in [-0.05, 0) is 25.2 Å². The number of hydrogen-bond donors (Lipinski definition) is 0. The van der Waals surface area contributed by atoms with Crippen molar-refractivity contribution in [2.24, 2.45) is 5.92 Å². The van der Waals surface area contributed by atoms with Gasteiger partial charge in [-0.15, -0.1) is 0 Å². The highest BCUT2D eigenvalue weighted by atomic mass is 16.5. The Bertz CT molecular complexity index is 84.9. The fourth-order valence-corrected chi connectivity index (χ4v) is 1.64. The molecule has 1 rings (SSSR count). The number of unbranched alkanes of at least 4 members (excludes halogenated alkanes) is 2. The fourth-order valence-electron chi connectivity index (χ4n) is 1.64. The molecule has 1 heteroatoms. The van der Waals surface area contributed by atoms with Crippen LogP contribution in [0.4, 0.5) is 0 Å². The summed E-state index contributed by atoms with van der Waals surface area (Å²) in [6, 6.07) is 0. The molecular weight excluding hydrogens is 136 g/mol. The Kier molecular flexibility index (Phi) is 4.60. The summed E-state index contributed by atoms with van der Waals surface area (Å²) < 4.78 is 5.40. The molecule has 11 heavy (non-hydrogen) atoms. The van der Waals surface area contributed by atoms with Crippen LogP contribution in [0.15, 0.2) is 0 Å². The van der Waals surface area contributed by atoms with Gasteiger partial charge in [0.1, 0.15) is 0 Å². The van der Waals surface area contributed by atoms with Gasteiger partial charge in [0, 0.05) is 13.2 Å². The third kappa shape index (κ3) is 3.76. The maximum atomic E-state index is 5.40. The average molecular weight is 155 g/mol. The maximum Gasteiger partial charge on any atom is 0.0494 e. The molecule has 0 amide bonds. The fraction of sp³-hybridized carbons (Fsp3) is 0.900. The predicted molar refractivity (Wildman–Crippen MR) is 47.4 cm³/mol. The van der Waals surface area contributed by atoms with Crippen molar-refractivity contribution in [3.8, 4) is 0 Å². The first-order valence-corrected chi connectivity index (χ1v) is 4.80. The van der Waals surface area contributed by atoms with Gasteiger partial charge in [-0.1, -0.05) is 26.2 Å². The monoisotopic (exact) mass is 155 g/mol. The van der Waals surface area contributed by atoms with Gasteiger partial charge in [-0.2, -0.15) is 0 Å². The zero-order valence-electron chi connectivity index (χ0n) is 7.35. The van der Waals surface area contributed by atoms with E-state index >= 15 is 0 Å². The van der Waals surface area contributed by atoms with Crippen LogP contribution in [-0.2, 0) is 4.74 Å². The van der Waals surface area contributed by atoms with E-state index in [1.165, 1.54) is 32.1 Å². The van der Waals surface area contributed by atoms with Crippen molar-refractivity contribution < 1.29 is 4.74 Å². The molecule has 1 nitrogen and oxygen atoms in total. The van der Waals surface area contributed by atoms with Crippen LogP contribution in [0, 0.1) is 12.8 Å². The Balaban J connectivity index is 1.96. The van der Waals surface area contributed by atoms with E-state index in [1.807, 2.05) is 0 Å². The summed E-state index contributed by atoms with van der Waals surface area (Å²) in [5.74, 6) is 0.857. The zero-order valence-corrected chi connectivity index (χ0v) is 7.35. The lowest BCUT2D eigenvalue weighted by atomic mass is 9.96. The first-order valence-electron chi connectivity index (χ1n) is 4.80. The van der Waals surface area contributed by atoms with Crippen molar-refractivity contribution in [2.45, 2.75) is 38.5 Å². The molecule has 1 heterocycles. The largest absolute Gasteiger partial charge is 0.381 e. The molecular formula is C10H19O. The SMILES string of the molecule is [CH2]CCCCC1CCCOC1. The van der Waals surface area contributed by atoms with Gasteiger partial charge < -0.3 is 4.74 Å². The molecule has 1 atom stereocenters. The molecule has 1 fully saturated rings. The molecule has 1 aliphatic heterocycles. The van der Waals surface area contributed by atoms with Gasteiger partial charge in [-0.25, -0.2) is 0 Å². The van der Waals surface area contributed by atoms with Crippen LogP contribution in [0.3, 0.4) is 0 Å². The summed E-state index contributed by atoms with van der Waals surface area (Å²) in [4.78, 5) is 0. The van der Waals surface area contributed by atoms with Crippen molar-refractivity contribution in [3.05, 3.63) is 6.92 Å².